The molecule has 0 bridgehead atoms. The van der Waals surface area contributed by atoms with Crippen LogP contribution in [0.3, 0.4) is 0 Å². The van der Waals surface area contributed by atoms with E-state index in [0.29, 0.717) is 0 Å². The van der Waals surface area contributed by atoms with Gasteiger partial charge in [0.1, 0.15) is 22.3 Å². The number of carbonyl (C=O) groups is 2. The molecule has 38 heavy (non-hydrogen) atoms. The van der Waals surface area contributed by atoms with E-state index in [2.05, 4.69) is 5.32 Å². The molecule has 2 aliphatic rings. The minimum absolute atomic E-state index is 0.0279. The van der Waals surface area contributed by atoms with Crippen LogP contribution in [0.15, 0.2) is 18.2 Å². The number of carbonyl (C=O) groups excluding carboxylic acids is 2. The van der Waals surface area contributed by atoms with Crippen LogP contribution in [0.4, 0.5) is 20.6 Å². The third-order valence-electron chi connectivity index (χ3n) is 10.4. The van der Waals surface area contributed by atoms with Crippen LogP contribution in [0.2, 0.25) is 0 Å². The second-order valence-corrected chi connectivity index (χ2v) is 14.1. The maximum atomic E-state index is 16.2. The lowest BCUT2D eigenvalue weighted by molar-refractivity contribution is -0.274. The monoisotopic (exact) mass is 535 g/mol. The van der Waals surface area contributed by atoms with E-state index in [-0.39, 0.29) is 17.3 Å². The molecule has 0 saturated carbocycles. The van der Waals surface area contributed by atoms with Crippen molar-refractivity contribution in [3.8, 4) is 0 Å². The fourth-order valence-corrected chi connectivity index (χ4v) is 6.50. The maximum absolute atomic E-state index is 16.2. The standard InChI is InChI=1S/C29H46FN3O5/c1-18(34)31-23(2,3)29(14)24(4,5)32(22(35)37-29)19-15-16-21(20(30)17-19)33(36)25(6,7)27(10,11)38-28(12,13)26(33,8)9/h15-17H,1-14H3,(H,31,34)/t29-/m0/s1. The molecule has 2 amide bonds. The highest BCUT2D eigenvalue weighted by molar-refractivity contribution is 5.93. The van der Waals surface area contributed by atoms with Crippen LogP contribution >= 0.6 is 0 Å². The van der Waals surface area contributed by atoms with Crippen LogP contribution in [-0.2, 0) is 14.3 Å². The molecule has 2 fully saturated rings. The molecule has 0 radical (unpaired) electrons. The predicted octanol–water partition coefficient (Wildman–Crippen LogP) is 6.18. The topological polar surface area (TPSA) is 90.9 Å². The number of hydroxylamine groups is 2. The Balaban J connectivity index is 2.18. The Morgan fingerprint density at radius 2 is 1.45 bits per heavy atom. The van der Waals surface area contributed by atoms with Gasteiger partial charge in [-0.1, -0.05) is 0 Å². The van der Waals surface area contributed by atoms with E-state index in [9.17, 15) is 9.59 Å². The van der Waals surface area contributed by atoms with Crippen molar-refractivity contribution < 1.29 is 23.5 Å². The van der Waals surface area contributed by atoms with Gasteiger partial charge in [0.2, 0.25) is 5.91 Å². The number of cyclic esters (lactones) is 1. The summed E-state index contributed by atoms with van der Waals surface area (Å²) in [6.45, 7) is 25.0. The van der Waals surface area contributed by atoms with Crippen molar-refractivity contribution in [1.29, 1.82) is 0 Å². The number of quaternary nitrogens is 1. The number of amides is 2. The highest BCUT2D eigenvalue weighted by Crippen LogP contribution is 2.57. The first kappa shape index (κ1) is 30.3. The first-order chi connectivity index (χ1) is 16.8. The summed E-state index contributed by atoms with van der Waals surface area (Å²) in [5.74, 6) is -0.978. The number of nitrogens with one attached hydrogen (secondary N) is 1. The summed E-state index contributed by atoms with van der Waals surface area (Å²) in [7, 11) is 0. The summed E-state index contributed by atoms with van der Waals surface area (Å²) in [5.41, 5.74) is -6.75. The van der Waals surface area contributed by atoms with Crippen molar-refractivity contribution in [2.75, 3.05) is 4.90 Å². The van der Waals surface area contributed by atoms with Crippen LogP contribution in [0.25, 0.3) is 0 Å². The lowest BCUT2D eigenvalue weighted by Gasteiger charge is -2.73. The average molecular weight is 536 g/mol. The summed E-state index contributed by atoms with van der Waals surface area (Å²) >= 11 is 0. The van der Waals surface area contributed by atoms with Gasteiger partial charge in [0, 0.05) is 19.1 Å². The number of ether oxygens (including phenoxy) is 2. The van der Waals surface area contributed by atoms with Crippen molar-refractivity contribution >= 4 is 23.4 Å². The van der Waals surface area contributed by atoms with E-state index >= 15 is 9.60 Å². The molecular formula is C29H46FN3O5. The highest BCUT2D eigenvalue weighted by Gasteiger charge is 2.69. The van der Waals surface area contributed by atoms with Gasteiger partial charge in [-0.05, 0) is 96.1 Å². The summed E-state index contributed by atoms with van der Waals surface area (Å²) in [5, 5.41) is 18.0. The summed E-state index contributed by atoms with van der Waals surface area (Å²) < 4.78 is 27.6. The SMILES string of the molecule is CC(=O)NC(C)(C)[C@]1(C)OC(=O)N(c2ccc([N+]3([O-])C(C)(C)C(C)(C)OC(C)(C)C3(C)C)c(F)c2)C1(C)C. The zero-order chi connectivity index (χ0) is 29.7. The summed E-state index contributed by atoms with van der Waals surface area (Å²) in [4.78, 5) is 26.6. The van der Waals surface area contributed by atoms with E-state index < -0.39 is 55.5 Å². The van der Waals surface area contributed by atoms with Crippen molar-refractivity contribution in [2.45, 2.75) is 136 Å². The van der Waals surface area contributed by atoms with E-state index in [0.717, 1.165) is 0 Å². The van der Waals surface area contributed by atoms with Crippen molar-refractivity contribution in [3.05, 3.63) is 29.2 Å². The predicted molar refractivity (Wildman–Crippen MR) is 148 cm³/mol. The Morgan fingerprint density at radius 3 is 1.87 bits per heavy atom. The fourth-order valence-electron chi connectivity index (χ4n) is 6.50. The van der Waals surface area contributed by atoms with Gasteiger partial charge in [-0.15, -0.1) is 0 Å². The zero-order valence-corrected chi connectivity index (χ0v) is 25.5. The minimum atomic E-state index is -1.16. The van der Waals surface area contributed by atoms with Gasteiger partial charge in [0.05, 0.1) is 16.8 Å². The molecular weight excluding hydrogens is 489 g/mol. The second kappa shape index (κ2) is 8.15. The Kier molecular flexibility index (Phi) is 6.50. The molecule has 9 heteroatoms. The van der Waals surface area contributed by atoms with E-state index in [1.807, 2.05) is 41.5 Å². The molecule has 1 atom stereocenters. The Hall–Kier alpha value is -2.23. The number of nitrogens with zero attached hydrogens (tertiary/aromatic N) is 2. The molecule has 8 nitrogen and oxygen atoms in total. The molecule has 1 aromatic rings. The number of anilines is 1. The van der Waals surface area contributed by atoms with E-state index in [4.69, 9.17) is 9.47 Å². The van der Waals surface area contributed by atoms with Gasteiger partial charge >= 0.3 is 6.09 Å². The lowest BCUT2D eigenvalue weighted by atomic mass is 9.70. The number of halogens is 1. The van der Waals surface area contributed by atoms with Gasteiger partial charge < -0.3 is 24.6 Å². The third kappa shape index (κ3) is 3.57. The smallest absolute Gasteiger partial charge is 0.415 e. The van der Waals surface area contributed by atoms with Crippen molar-refractivity contribution in [3.63, 3.8) is 0 Å². The molecule has 2 saturated heterocycles. The van der Waals surface area contributed by atoms with Crippen LogP contribution < -0.4 is 14.9 Å². The molecule has 0 aromatic heterocycles. The normalized spacial score (nSPS) is 28.5. The first-order valence-corrected chi connectivity index (χ1v) is 13.2. The highest BCUT2D eigenvalue weighted by atomic mass is 19.1. The lowest BCUT2D eigenvalue weighted by Crippen LogP contribution is -2.86. The van der Waals surface area contributed by atoms with Crippen LogP contribution in [0.5, 0.6) is 0 Å². The molecule has 2 aliphatic heterocycles. The van der Waals surface area contributed by atoms with Gasteiger partial charge in [-0.3, -0.25) is 9.69 Å². The number of hydrogen-bond donors (Lipinski definition) is 1. The molecule has 1 N–H and O–H groups in total. The second-order valence-electron chi connectivity index (χ2n) is 14.1. The van der Waals surface area contributed by atoms with Gasteiger partial charge in [0.15, 0.2) is 17.1 Å². The number of benzene rings is 1. The fraction of sp³-hybridized carbons (Fsp3) is 0.724. The van der Waals surface area contributed by atoms with Crippen molar-refractivity contribution in [1.82, 2.24) is 9.96 Å². The molecule has 0 aliphatic carbocycles. The van der Waals surface area contributed by atoms with Gasteiger partial charge in [-0.2, -0.15) is 0 Å². The van der Waals surface area contributed by atoms with Gasteiger partial charge in [0.25, 0.3) is 0 Å². The Labute approximate surface area is 227 Å². The molecule has 0 spiro atoms. The van der Waals surface area contributed by atoms with Crippen LogP contribution in [0.1, 0.15) is 96.9 Å². The molecule has 214 valence electrons. The number of rotatable bonds is 4. The van der Waals surface area contributed by atoms with Gasteiger partial charge in [-0.25, -0.2) is 9.18 Å². The summed E-state index contributed by atoms with van der Waals surface area (Å²) in [6.07, 6.45) is -0.664. The largest absolute Gasteiger partial charge is 0.626 e. The average Bonchev–Trinajstić information content (AvgIpc) is 2.89. The van der Waals surface area contributed by atoms with E-state index in [1.165, 1.54) is 24.0 Å². The summed E-state index contributed by atoms with van der Waals surface area (Å²) in [6, 6.07) is 4.31. The third-order valence-corrected chi connectivity index (χ3v) is 10.4. The molecule has 0 unspecified atom stereocenters. The Bertz CT molecular complexity index is 1140. The van der Waals surface area contributed by atoms with Crippen LogP contribution in [0, 0.1) is 11.0 Å². The Morgan fingerprint density at radius 1 is 0.974 bits per heavy atom. The minimum Gasteiger partial charge on any atom is -0.626 e. The van der Waals surface area contributed by atoms with Crippen molar-refractivity contribution in [2.24, 2.45) is 0 Å². The molecule has 2 heterocycles. The zero-order valence-electron chi connectivity index (χ0n) is 25.5. The van der Waals surface area contributed by atoms with Crippen LogP contribution in [-0.4, -0.2) is 51.0 Å². The van der Waals surface area contributed by atoms with E-state index in [1.54, 1.807) is 54.5 Å². The first-order valence-electron chi connectivity index (χ1n) is 13.2. The quantitative estimate of drug-likeness (QED) is 0.367. The molecule has 3 rings (SSSR count). The maximum Gasteiger partial charge on any atom is 0.415 e. The number of morpholine rings is 1. The molecule has 1 aromatic carbocycles. The number of hydrogen-bond acceptors (Lipinski definition) is 5.